The van der Waals surface area contributed by atoms with Gasteiger partial charge in [0.1, 0.15) is 5.82 Å². The van der Waals surface area contributed by atoms with Crippen molar-refractivity contribution in [3.8, 4) is 0 Å². The summed E-state index contributed by atoms with van der Waals surface area (Å²) in [5, 5.41) is 3.40. The molecule has 0 saturated carbocycles. The number of alkyl halides is 3. The van der Waals surface area contributed by atoms with Gasteiger partial charge in [-0.3, -0.25) is 0 Å². The summed E-state index contributed by atoms with van der Waals surface area (Å²) < 4.78 is 37.7. The molecule has 0 bridgehead atoms. The Kier molecular flexibility index (Phi) is 2.48. The molecule has 0 amide bonds. The van der Waals surface area contributed by atoms with Gasteiger partial charge in [-0.05, 0) is 6.07 Å². The first-order valence-electron chi connectivity index (χ1n) is 5.27. The van der Waals surface area contributed by atoms with Crippen LogP contribution < -0.4 is 10.2 Å². The van der Waals surface area contributed by atoms with E-state index < -0.39 is 11.7 Å². The number of anilines is 1. The number of hydrogen-bond acceptors (Lipinski definition) is 4. The first-order valence-corrected chi connectivity index (χ1v) is 6.15. The third-order valence-electron chi connectivity index (χ3n) is 2.89. The smallest absolute Gasteiger partial charge is 0.341 e. The Morgan fingerprint density at radius 2 is 2.29 bits per heavy atom. The Bertz CT molecular complexity index is 449. The SMILES string of the molecule is FC(F)(F)c1cnc2c(c1)SC1CNCCN21. The molecule has 7 heteroatoms. The lowest BCUT2D eigenvalue weighted by atomic mass is 10.2. The monoisotopic (exact) mass is 261 g/mol. The van der Waals surface area contributed by atoms with Gasteiger partial charge in [0.15, 0.2) is 0 Å². The summed E-state index contributed by atoms with van der Waals surface area (Å²) in [6.45, 7) is 2.42. The lowest BCUT2D eigenvalue weighted by molar-refractivity contribution is -0.138. The van der Waals surface area contributed by atoms with Crippen LogP contribution in [0.3, 0.4) is 0 Å². The van der Waals surface area contributed by atoms with Crippen molar-refractivity contribution in [2.75, 3.05) is 24.5 Å². The maximum absolute atomic E-state index is 12.6. The number of pyridine rings is 1. The molecule has 1 unspecified atom stereocenters. The zero-order valence-electron chi connectivity index (χ0n) is 8.79. The van der Waals surface area contributed by atoms with E-state index in [2.05, 4.69) is 15.2 Å². The van der Waals surface area contributed by atoms with Crippen LogP contribution in [0.15, 0.2) is 17.2 Å². The van der Waals surface area contributed by atoms with E-state index in [1.165, 1.54) is 17.8 Å². The van der Waals surface area contributed by atoms with E-state index in [1.54, 1.807) is 0 Å². The fourth-order valence-electron chi connectivity index (χ4n) is 2.07. The molecular weight excluding hydrogens is 251 g/mol. The summed E-state index contributed by atoms with van der Waals surface area (Å²) in [6, 6.07) is 1.20. The van der Waals surface area contributed by atoms with Gasteiger partial charge < -0.3 is 10.2 Å². The number of nitrogens with one attached hydrogen (secondary N) is 1. The molecule has 2 aliphatic heterocycles. The number of rotatable bonds is 0. The van der Waals surface area contributed by atoms with Crippen molar-refractivity contribution in [3.63, 3.8) is 0 Å². The van der Waals surface area contributed by atoms with Gasteiger partial charge in [0.05, 0.1) is 15.8 Å². The summed E-state index contributed by atoms with van der Waals surface area (Å²) in [4.78, 5) is 6.67. The summed E-state index contributed by atoms with van der Waals surface area (Å²) in [6.07, 6.45) is -3.40. The van der Waals surface area contributed by atoms with Gasteiger partial charge in [0, 0.05) is 25.8 Å². The van der Waals surface area contributed by atoms with E-state index >= 15 is 0 Å². The van der Waals surface area contributed by atoms with Crippen LogP contribution in [0, 0.1) is 0 Å². The van der Waals surface area contributed by atoms with Gasteiger partial charge in [0.25, 0.3) is 0 Å². The van der Waals surface area contributed by atoms with E-state index in [0.717, 1.165) is 25.8 Å². The van der Waals surface area contributed by atoms with Crippen molar-refractivity contribution in [2.24, 2.45) is 0 Å². The highest BCUT2D eigenvalue weighted by Gasteiger charge is 2.37. The average molecular weight is 261 g/mol. The third-order valence-corrected chi connectivity index (χ3v) is 4.14. The predicted molar refractivity (Wildman–Crippen MR) is 59.1 cm³/mol. The van der Waals surface area contributed by atoms with E-state index in [1.807, 2.05) is 0 Å². The van der Waals surface area contributed by atoms with Crippen molar-refractivity contribution in [2.45, 2.75) is 16.4 Å². The minimum atomic E-state index is -4.32. The molecule has 0 aromatic carbocycles. The zero-order chi connectivity index (χ0) is 12.0. The second-order valence-corrected chi connectivity index (χ2v) is 5.23. The zero-order valence-corrected chi connectivity index (χ0v) is 9.61. The van der Waals surface area contributed by atoms with Crippen LogP contribution in [-0.2, 0) is 6.18 Å². The van der Waals surface area contributed by atoms with Gasteiger partial charge in [0.2, 0.25) is 0 Å². The van der Waals surface area contributed by atoms with Crippen LogP contribution in [0.2, 0.25) is 0 Å². The molecule has 2 aliphatic rings. The van der Waals surface area contributed by atoms with Gasteiger partial charge in [-0.1, -0.05) is 11.8 Å². The molecule has 1 aromatic heterocycles. The maximum Gasteiger partial charge on any atom is 0.417 e. The average Bonchev–Trinajstić information content (AvgIpc) is 2.65. The molecule has 1 fully saturated rings. The fourth-order valence-corrected chi connectivity index (χ4v) is 3.37. The van der Waals surface area contributed by atoms with Crippen molar-refractivity contribution >= 4 is 17.6 Å². The molecule has 1 atom stereocenters. The normalized spacial score (nSPS) is 23.5. The molecular formula is C10H10F3N3S. The summed E-state index contributed by atoms with van der Waals surface area (Å²) in [5.41, 5.74) is -0.670. The lowest BCUT2D eigenvalue weighted by Crippen LogP contribution is -2.47. The van der Waals surface area contributed by atoms with Crippen molar-refractivity contribution in [1.82, 2.24) is 10.3 Å². The van der Waals surface area contributed by atoms with Crippen LogP contribution in [0.5, 0.6) is 0 Å². The van der Waals surface area contributed by atoms with Crippen LogP contribution in [0.1, 0.15) is 5.56 Å². The van der Waals surface area contributed by atoms with Gasteiger partial charge in [-0.15, -0.1) is 0 Å². The summed E-state index contributed by atoms with van der Waals surface area (Å²) in [7, 11) is 0. The minimum Gasteiger partial charge on any atom is -0.341 e. The second kappa shape index (κ2) is 3.78. The molecule has 0 radical (unpaired) electrons. The van der Waals surface area contributed by atoms with Gasteiger partial charge in [-0.25, -0.2) is 4.98 Å². The number of hydrogen-bond donors (Lipinski definition) is 1. The molecule has 1 saturated heterocycles. The summed E-state index contributed by atoms with van der Waals surface area (Å²) in [5.74, 6) is 0.689. The number of fused-ring (bicyclic) bond motifs is 3. The first kappa shape index (κ1) is 11.2. The molecule has 1 N–H and O–H groups in total. The summed E-state index contributed by atoms with van der Waals surface area (Å²) >= 11 is 1.45. The van der Waals surface area contributed by atoms with Crippen LogP contribution in [0.4, 0.5) is 19.0 Å². The van der Waals surface area contributed by atoms with Crippen LogP contribution in [0.25, 0.3) is 0 Å². The second-order valence-electron chi connectivity index (χ2n) is 4.01. The molecule has 0 spiro atoms. The minimum absolute atomic E-state index is 0.176. The maximum atomic E-state index is 12.6. The van der Waals surface area contributed by atoms with Crippen LogP contribution >= 0.6 is 11.8 Å². The molecule has 92 valence electrons. The molecule has 1 aromatic rings. The fraction of sp³-hybridized carbons (Fsp3) is 0.500. The number of aromatic nitrogens is 1. The van der Waals surface area contributed by atoms with Gasteiger partial charge >= 0.3 is 6.18 Å². The Morgan fingerprint density at radius 3 is 3.06 bits per heavy atom. The van der Waals surface area contributed by atoms with Crippen molar-refractivity contribution in [3.05, 3.63) is 17.8 Å². The number of piperazine rings is 1. The van der Waals surface area contributed by atoms with E-state index in [9.17, 15) is 13.2 Å². The Morgan fingerprint density at radius 1 is 1.47 bits per heavy atom. The Labute approximate surface area is 100 Å². The molecule has 3 rings (SSSR count). The van der Waals surface area contributed by atoms with E-state index in [4.69, 9.17) is 0 Å². The van der Waals surface area contributed by atoms with E-state index in [-0.39, 0.29) is 5.37 Å². The van der Waals surface area contributed by atoms with Gasteiger partial charge in [-0.2, -0.15) is 13.2 Å². The number of thioether (sulfide) groups is 1. The third kappa shape index (κ3) is 1.87. The van der Waals surface area contributed by atoms with Crippen LogP contribution in [-0.4, -0.2) is 30.0 Å². The quantitative estimate of drug-likeness (QED) is 0.772. The molecule has 3 nitrogen and oxygen atoms in total. The topological polar surface area (TPSA) is 28.2 Å². The highest BCUT2D eigenvalue weighted by atomic mass is 32.2. The number of halogens is 3. The number of nitrogens with zero attached hydrogens (tertiary/aromatic N) is 2. The van der Waals surface area contributed by atoms with Crippen molar-refractivity contribution in [1.29, 1.82) is 0 Å². The highest BCUT2D eigenvalue weighted by Crippen LogP contribution is 2.44. The molecule has 3 heterocycles. The Balaban J connectivity index is 1.97. The first-order chi connectivity index (χ1) is 8.05. The highest BCUT2D eigenvalue weighted by molar-refractivity contribution is 8.00. The Hall–Kier alpha value is -0.950. The van der Waals surface area contributed by atoms with Crippen molar-refractivity contribution < 1.29 is 13.2 Å². The molecule has 17 heavy (non-hydrogen) atoms. The largest absolute Gasteiger partial charge is 0.417 e. The standard InChI is InChI=1S/C10H10F3N3S/c11-10(12,13)6-3-7-9(15-4-6)16-2-1-14-5-8(16)17-7/h3-4,8,14H,1-2,5H2. The molecule has 0 aliphatic carbocycles. The predicted octanol–water partition coefficient (Wildman–Crippen LogP) is 1.94. The lowest BCUT2D eigenvalue weighted by Gasteiger charge is -2.30. The van der Waals surface area contributed by atoms with E-state index in [0.29, 0.717) is 10.7 Å².